The van der Waals surface area contributed by atoms with E-state index in [1.54, 1.807) is 0 Å². The van der Waals surface area contributed by atoms with Crippen LogP contribution >= 0.6 is 0 Å². The fourth-order valence-electron chi connectivity index (χ4n) is 3.13. The second-order valence-electron chi connectivity index (χ2n) is 6.25. The summed E-state index contributed by atoms with van der Waals surface area (Å²) in [4.78, 5) is 2.76. The van der Waals surface area contributed by atoms with Gasteiger partial charge in [0.15, 0.2) is 0 Å². The third-order valence-corrected chi connectivity index (χ3v) is 4.49. The highest BCUT2D eigenvalue weighted by Crippen LogP contribution is 2.32. The minimum atomic E-state index is 0.801. The molecule has 2 aliphatic rings. The molecule has 0 aromatic rings. The van der Waals surface area contributed by atoms with Crippen molar-refractivity contribution in [2.24, 2.45) is 17.8 Å². The van der Waals surface area contributed by atoms with Gasteiger partial charge >= 0.3 is 0 Å². The molecular weight excluding hydrogens is 196 g/mol. The lowest BCUT2D eigenvalue weighted by molar-refractivity contribution is 0.0742. The average Bonchev–Trinajstić information content (AvgIpc) is 2.11. The van der Waals surface area contributed by atoms with E-state index < -0.39 is 0 Å². The van der Waals surface area contributed by atoms with Gasteiger partial charge in [-0.1, -0.05) is 20.3 Å². The first-order valence-electron chi connectivity index (χ1n) is 7.11. The Balaban J connectivity index is 1.92. The lowest BCUT2D eigenvalue weighted by Gasteiger charge is -2.42. The highest BCUT2D eigenvalue weighted by Gasteiger charge is 2.30. The largest absolute Gasteiger partial charge is 0.316 e. The number of nitrogens with one attached hydrogen (secondary N) is 1. The Morgan fingerprint density at radius 1 is 1.06 bits per heavy atom. The summed E-state index contributed by atoms with van der Waals surface area (Å²) in [5.74, 6) is 2.59. The van der Waals surface area contributed by atoms with E-state index in [0.717, 1.165) is 23.8 Å². The summed E-state index contributed by atoms with van der Waals surface area (Å²) in [6.07, 6.45) is 4.41. The second-order valence-corrected chi connectivity index (χ2v) is 6.25. The molecular formula is C14H28N2. The predicted molar refractivity (Wildman–Crippen MR) is 69.6 cm³/mol. The molecule has 0 aromatic heterocycles. The van der Waals surface area contributed by atoms with Crippen molar-refractivity contribution in [1.29, 1.82) is 0 Å². The summed E-state index contributed by atoms with van der Waals surface area (Å²) in [6.45, 7) is 12.2. The molecule has 0 aromatic carbocycles. The molecule has 1 aliphatic heterocycles. The molecule has 3 unspecified atom stereocenters. The van der Waals surface area contributed by atoms with Crippen molar-refractivity contribution < 1.29 is 0 Å². The molecule has 1 N–H and O–H groups in total. The number of hydrogen-bond acceptors (Lipinski definition) is 2. The van der Waals surface area contributed by atoms with Crippen LogP contribution in [0.1, 0.15) is 40.0 Å². The van der Waals surface area contributed by atoms with Crippen LogP contribution in [-0.2, 0) is 0 Å². The monoisotopic (exact) mass is 224 g/mol. The van der Waals surface area contributed by atoms with Crippen molar-refractivity contribution in [1.82, 2.24) is 10.2 Å². The second kappa shape index (κ2) is 5.50. The molecule has 2 nitrogen and oxygen atoms in total. The zero-order valence-corrected chi connectivity index (χ0v) is 11.2. The van der Waals surface area contributed by atoms with E-state index in [1.165, 1.54) is 45.4 Å². The quantitative estimate of drug-likeness (QED) is 0.774. The molecule has 0 spiro atoms. The molecule has 1 aliphatic carbocycles. The lowest BCUT2D eigenvalue weighted by atomic mass is 9.79. The smallest absolute Gasteiger partial charge is 0.00954 e. The zero-order chi connectivity index (χ0) is 11.5. The van der Waals surface area contributed by atoms with Gasteiger partial charge in [-0.3, -0.25) is 4.90 Å². The van der Waals surface area contributed by atoms with Gasteiger partial charge in [0.05, 0.1) is 0 Å². The summed E-state index contributed by atoms with van der Waals surface area (Å²) in [5, 5.41) is 3.58. The van der Waals surface area contributed by atoms with Crippen molar-refractivity contribution in [3.05, 3.63) is 0 Å². The van der Waals surface area contributed by atoms with E-state index in [4.69, 9.17) is 0 Å². The van der Waals surface area contributed by atoms with Gasteiger partial charge in [-0.05, 0) is 50.6 Å². The van der Waals surface area contributed by atoms with E-state index in [0.29, 0.717) is 0 Å². The molecule has 1 saturated carbocycles. The lowest BCUT2D eigenvalue weighted by Crippen LogP contribution is -2.49. The minimum Gasteiger partial charge on any atom is -0.316 e. The zero-order valence-electron chi connectivity index (χ0n) is 11.2. The molecule has 1 saturated heterocycles. The molecule has 2 fully saturated rings. The molecule has 2 heteroatoms. The van der Waals surface area contributed by atoms with Crippen LogP contribution in [0.15, 0.2) is 0 Å². The maximum Gasteiger partial charge on any atom is 0.00954 e. The van der Waals surface area contributed by atoms with Crippen molar-refractivity contribution in [3.8, 4) is 0 Å². The number of rotatable bonds is 2. The standard InChI is InChI=1S/C14H28N2/c1-11-7-15-8-12(2)10-16(9-11)13(3)14-5-4-6-14/h11-15H,4-10H2,1-3H3. The third kappa shape index (κ3) is 2.98. The van der Waals surface area contributed by atoms with Crippen molar-refractivity contribution in [2.45, 2.75) is 46.1 Å². The van der Waals surface area contributed by atoms with Gasteiger partial charge < -0.3 is 5.32 Å². The van der Waals surface area contributed by atoms with Crippen LogP contribution < -0.4 is 5.32 Å². The summed E-state index contributed by atoms with van der Waals surface area (Å²) < 4.78 is 0. The van der Waals surface area contributed by atoms with Gasteiger partial charge in [0.2, 0.25) is 0 Å². The summed E-state index contributed by atoms with van der Waals surface area (Å²) in [5.41, 5.74) is 0. The Morgan fingerprint density at radius 3 is 2.06 bits per heavy atom. The van der Waals surface area contributed by atoms with E-state index in [9.17, 15) is 0 Å². The van der Waals surface area contributed by atoms with Crippen LogP contribution in [0.5, 0.6) is 0 Å². The molecule has 16 heavy (non-hydrogen) atoms. The molecule has 94 valence electrons. The Hall–Kier alpha value is -0.0800. The highest BCUT2D eigenvalue weighted by atomic mass is 15.2. The SMILES string of the molecule is CC1CNCC(C)CN(C(C)C2CCC2)C1. The maximum absolute atomic E-state index is 3.58. The van der Waals surface area contributed by atoms with Crippen LogP contribution in [0.2, 0.25) is 0 Å². The molecule has 0 bridgehead atoms. The molecule has 1 heterocycles. The number of hydrogen-bond donors (Lipinski definition) is 1. The van der Waals surface area contributed by atoms with Crippen LogP contribution in [0.4, 0.5) is 0 Å². The van der Waals surface area contributed by atoms with Gasteiger partial charge in [-0.15, -0.1) is 0 Å². The Bertz CT molecular complexity index is 201. The highest BCUT2D eigenvalue weighted by molar-refractivity contribution is 4.84. The van der Waals surface area contributed by atoms with Gasteiger partial charge in [0.25, 0.3) is 0 Å². The first kappa shape index (κ1) is 12.4. The van der Waals surface area contributed by atoms with Crippen LogP contribution in [0.3, 0.4) is 0 Å². The van der Waals surface area contributed by atoms with Gasteiger partial charge in [-0.25, -0.2) is 0 Å². The first-order valence-corrected chi connectivity index (χ1v) is 7.11. The van der Waals surface area contributed by atoms with E-state index in [-0.39, 0.29) is 0 Å². The maximum atomic E-state index is 3.58. The van der Waals surface area contributed by atoms with Gasteiger partial charge in [0, 0.05) is 19.1 Å². The average molecular weight is 224 g/mol. The fraction of sp³-hybridized carbons (Fsp3) is 1.00. The van der Waals surface area contributed by atoms with Crippen molar-refractivity contribution >= 4 is 0 Å². The van der Waals surface area contributed by atoms with Crippen LogP contribution in [0.25, 0.3) is 0 Å². The van der Waals surface area contributed by atoms with Gasteiger partial charge in [-0.2, -0.15) is 0 Å². The molecule has 0 radical (unpaired) electrons. The Morgan fingerprint density at radius 2 is 1.62 bits per heavy atom. The Labute approximate surface area is 101 Å². The van der Waals surface area contributed by atoms with E-state index in [1.807, 2.05) is 0 Å². The molecule has 3 atom stereocenters. The van der Waals surface area contributed by atoms with Crippen LogP contribution in [0, 0.1) is 17.8 Å². The van der Waals surface area contributed by atoms with Gasteiger partial charge in [0.1, 0.15) is 0 Å². The van der Waals surface area contributed by atoms with Crippen LogP contribution in [-0.4, -0.2) is 37.1 Å². The topological polar surface area (TPSA) is 15.3 Å². The molecule has 0 amide bonds. The van der Waals surface area contributed by atoms with Crippen molar-refractivity contribution in [3.63, 3.8) is 0 Å². The Kier molecular flexibility index (Phi) is 4.26. The minimum absolute atomic E-state index is 0.801. The molecule has 2 rings (SSSR count). The summed E-state index contributed by atoms with van der Waals surface area (Å²) >= 11 is 0. The normalized spacial score (nSPS) is 36.2. The number of nitrogens with zero attached hydrogens (tertiary/aromatic N) is 1. The fourth-order valence-corrected chi connectivity index (χ4v) is 3.13. The van der Waals surface area contributed by atoms with E-state index in [2.05, 4.69) is 31.0 Å². The summed E-state index contributed by atoms with van der Waals surface area (Å²) in [7, 11) is 0. The first-order chi connectivity index (χ1) is 7.66. The van der Waals surface area contributed by atoms with E-state index >= 15 is 0 Å². The predicted octanol–water partition coefficient (Wildman–Crippen LogP) is 2.35. The third-order valence-electron chi connectivity index (χ3n) is 4.49. The summed E-state index contributed by atoms with van der Waals surface area (Å²) in [6, 6.07) is 0.816. The van der Waals surface area contributed by atoms with Crippen molar-refractivity contribution in [2.75, 3.05) is 26.2 Å².